The predicted octanol–water partition coefficient (Wildman–Crippen LogP) is 1.39. The van der Waals surface area contributed by atoms with E-state index in [1.165, 1.54) is 27.1 Å². The summed E-state index contributed by atoms with van der Waals surface area (Å²) < 4.78 is 53.2. The number of halogens is 2. The maximum Gasteiger partial charge on any atom is 0.321 e. The quantitative estimate of drug-likeness (QED) is 0.859. The summed E-state index contributed by atoms with van der Waals surface area (Å²) in [5, 5.41) is 5.82. The standard InChI is InChI=1S/C14H21F2N5O3S/c1-19-9-11(12(18-19)13(15)16)17-14(22)20-5-2-6-21(8-7-20)25(23,24)10-3-4-10/h9-10,13H,2-8H2,1H3,(H,17,22). The van der Waals surface area contributed by atoms with Gasteiger partial charge in [-0.2, -0.15) is 9.40 Å². The number of aromatic nitrogens is 2. The number of sulfonamides is 1. The first-order chi connectivity index (χ1) is 11.8. The molecule has 8 nitrogen and oxygen atoms in total. The summed E-state index contributed by atoms with van der Waals surface area (Å²) in [4.78, 5) is 13.8. The summed E-state index contributed by atoms with van der Waals surface area (Å²) in [7, 11) is -1.78. The van der Waals surface area contributed by atoms with Gasteiger partial charge >= 0.3 is 6.03 Å². The Bertz CT molecular complexity index is 748. The molecule has 1 aromatic rings. The monoisotopic (exact) mass is 377 g/mol. The molecule has 0 bridgehead atoms. The fourth-order valence-corrected chi connectivity index (χ4v) is 4.76. The molecule has 0 atom stereocenters. The van der Waals surface area contributed by atoms with Crippen molar-refractivity contribution in [2.45, 2.75) is 30.9 Å². The van der Waals surface area contributed by atoms with Crippen LogP contribution in [0.3, 0.4) is 0 Å². The van der Waals surface area contributed by atoms with E-state index in [4.69, 9.17) is 0 Å². The lowest BCUT2D eigenvalue weighted by Crippen LogP contribution is -2.40. The topological polar surface area (TPSA) is 87.5 Å². The second-order valence-electron chi connectivity index (χ2n) is 6.32. The van der Waals surface area contributed by atoms with E-state index in [1.807, 2.05) is 0 Å². The summed E-state index contributed by atoms with van der Waals surface area (Å²) in [6, 6.07) is -0.527. The fourth-order valence-electron chi connectivity index (χ4n) is 2.89. The Hall–Kier alpha value is -1.75. The maximum absolute atomic E-state index is 12.9. The molecule has 1 aliphatic heterocycles. The highest BCUT2D eigenvalue weighted by Gasteiger charge is 2.40. The summed E-state index contributed by atoms with van der Waals surface area (Å²) in [6.45, 7) is 1.19. The highest BCUT2D eigenvalue weighted by atomic mass is 32.2. The van der Waals surface area contributed by atoms with E-state index in [0.717, 1.165) is 0 Å². The maximum atomic E-state index is 12.9. The van der Waals surface area contributed by atoms with Crippen molar-refractivity contribution in [1.82, 2.24) is 19.0 Å². The highest BCUT2D eigenvalue weighted by molar-refractivity contribution is 7.90. The van der Waals surface area contributed by atoms with Crippen molar-refractivity contribution in [3.63, 3.8) is 0 Å². The van der Waals surface area contributed by atoms with Gasteiger partial charge in [0.2, 0.25) is 10.0 Å². The van der Waals surface area contributed by atoms with Crippen LogP contribution in [-0.2, 0) is 17.1 Å². The Morgan fingerprint density at radius 1 is 1.28 bits per heavy atom. The first-order valence-electron chi connectivity index (χ1n) is 8.15. The molecule has 2 aliphatic rings. The van der Waals surface area contributed by atoms with Gasteiger partial charge in [0.1, 0.15) is 0 Å². The lowest BCUT2D eigenvalue weighted by Gasteiger charge is -2.22. The molecule has 2 fully saturated rings. The number of nitrogens with one attached hydrogen (secondary N) is 1. The van der Waals surface area contributed by atoms with Crippen LogP contribution < -0.4 is 5.32 Å². The van der Waals surface area contributed by atoms with E-state index < -0.39 is 28.2 Å². The van der Waals surface area contributed by atoms with E-state index >= 15 is 0 Å². The highest BCUT2D eigenvalue weighted by Crippen LogP contribution is 2.31. The van der Waals surface area contributed by atoms with E-state index in [-0.39, 0.29) is 24.0 Å². The fraction of sp³-hybridized carbons (Fsp3) is 0.714. The van der Waals surface area contributed by atoms with Crippen LogP contribution in [0.5, 0.6) is 0 Å². The van der Waals surface area contributed by atoms with Gasteiger partial charge in [-0.3, -0.25) is 4.68 Å². The Morgan fingerprint density at radius 3 is 2.64 bits per heavy atom. The van der Waals surface area contributed by atoms with E-state index in [2.05, 4.69) is 10.4 Å². The van der Waals surface area contributed by atoms with Gasteiger partial charge in [0.05, 0.1) is 10.9 Å². The summed E-state index contributed by atoms with van der Waals surface area (Å²) in [5.41, 5.74) is -0.516. The minimum atomic E-state index is -3.27. The van der Waals surface area contributed by atoms with Crippen molar-refractivity contribution in [3.05, 3.63) is 11.9 Å². The average molecular weight is 377 g/mol. The molecule has 0 aromatic carbocycles. The van der Waals surface area contributed by atoms with Crippen LogP contribution >= 0.6 is 0 Å². The van der Waals surface area contributed by atoms with Gasteiger partial charge < -0.3 is 10.2 Å². The molecule has 0 radical (unpaired) electrons. The molecule has 3 rings (SSSR count). The van der Waals surface area contributed by atoms with Crippen LogP contribution in [0.1, 0.15) is 31.4 Å². The van der Waals surface area contributed by atoms with Crippen LogP contribution in [0.25, 0.3) is 0 Å². The number of nitrogens with zero attached hydrogens (tertiary/aromatic N) is 4. The number of carbonyl (C=O) groups excluding carboxylic acids is 1. The lowest BCUT2D eigenvalue weighted by atomic mass is 10.3. The van der Waals surface area contributed by atoms with Gasteiger partial charge in [-0.25, -0.2) is 22.0 Å². The number of alkyl halides is 2. The molecule has 2 amide bonds. The van der Waals surface area contributed by atoms with Crippen LogP contribution in [0.4, 0.5) is 19.3 Å². The van der Waals surface area contributed by atoms with E-state index in [9.17, 15) is 22.0 Å². The van der Waals surface area contributed by atoms with Crippen LogP contribution in [0.2, 0.25) is 0 Å². The number of rotatable bonds is 4. The minimum absolute atomic E-state index is 0.0331. The first kappa shape index (κ1) is 18.1. The molecular weight excluding hydrogens is 356 g/mol. The molecule has 1 aromatic heterocycles. The number of carbonyl (C=O) groups is 1. The van der Waals surface area contributed by atoms with Gasteiger partial charge in [0.25, 0.3) is 6.43 Å². The largest absolute Gasteiger partial charge is 0.323 e. The summed E-state index contributed by atoms with van der Waals surface area (Å²) in [6.07, 6.45) is 0.426. The Morgan fingerprint density at radius 2 is 2.00 bits per heavy atom. The van der Waals surface area contributed by atoms with Crippen LogP contribution in [-0.4, -0.2) is 64.9 Å². The minimum Gasteiger partial charge on any atom is -0.323 e. The van der Waals surface area contributed by atoms with Crippen molar-refractivity contribution in [2.75, 3.05) is 31.5 Å². The van der Waals surface area contributed by atoms with Crippen molar-refractivity contribution in [1.29, 1.82) is 0 Å². The number of urea groups is 1. The van der Waals surface area contributed by atoms with Gasteiger partial charge in [-0.15, -0.1) is 0 Å². The molecule has 1 N–H and O–H groups in total. The molecule has 1 saturated carbocycles. The second-order valence-corrected chi connectivity index (χ2v) is 8.53. The summed E-state index contributed by atoms with van der Waals surface area (Å²) in [5.74, 6) is 0. The van der Waals surface area contributed by atoms with Gasteiger partial charge in [0.15, 0.2) is 5.69 Å². The smallest absolute Gasteiger partial charge is 0.321 e. The van der Waals surface area contributed by atoms with Crippen molar-refractivity contribution >= 4 is 21.7 Å². The normalized spacial score (nSPS) is 19.9. The molecule has 1 saturated heterocycles. The zero-order chi connectivity index (χ0) is 18.2. The van der Waals surface area contributed by atoms with Crippen LogP contribution in [0.15, 0.2) is 6.20 Å². The van der Waals surface area contributed by atoms with Gasteiger partial charge in [-0.05, 0) is 19.3 Å². The van der Waals surface area contributed by atoms with Crippen LogP contribution in [0, 0.1) is 0 Å². The molecule has 25 heavy (non-hydrogen) atoms. The SMILES string of the molecule is Cn1cc(NC(=O)N2CCCN(S(=O)(=O)C3CC3)CC2)c(C(F)F)n1. The van der Waals surface area contributed by atoms with Crippen molar-refractivity contribution < 1.29 is 22.0 Å². The molecule has 0 spiro atoms. The third-order valence-electron chi connectivity index (χ3n) is 4.35. The number of hydrogen-bond acceptors (Lipinski definition) is 4. The number of aryl methyl sites for hydroxylation is 1. The Labute approximate surface area is 144 Å². The van der Waals surface area contributed by atoms with E-state index in [1.54, 1.807) is 0 Å². The second kappa shape index (κ2) is 6.87. The summed E-state index contributed by atoms with van der Waals surface area (Å²) >= 11 is 0. The zero-order valence-corrected chi connectivity index (χ0v) is 14.7. The average Bonchev–Trinajstić information content (AvgIpc) is 3.34. The molecule has 11 heteroatoms. The number of hydrogen-bond donors (Lipinski definition) is 1. The zero-order valence-electron chi connectivity index (χ0n) is 13.9. The molecule has 140 valence electrons. The molecule has 1 aliphatic carbocycles. The molecule has 2 heterocycles. The van der Waals surface area contributed by atoms with Crippen molar-refractivity contribution in [2.24, 2.45) is 7.05 Å². The third kappa shape index (κ3) is 3.92. The third-order valence-corrected chi connectivity index (χ3v) is 6.75. The Balaban J connectivity index is 1.64. The number of anilines is 1. The number of amides is 2. The van der Waals surface area contributed by atoms with Gasteiger partial charge in [0, 0.05) is 39.4 Å². The van der Waals surface area contributed by atoms with E-state index in [0.29, 0.717) is 32.4 Å². The predicted molar refractivity (Wildman–Crippen MR) is 86.9 cm³/mol. The van der Waals surface area contributed by atoms with Crippen molar-refractivity contribution in [3.8, 4) is 0 Å². The van der Waals surface area contributed by atoms with Gasteiger partial charge in [-0.1, -0.05) is 0 Å². The molecular formula is C14H21F2N5O3S. The Kier molecular flexibility index (Phi) is 4.96. The first-order valence-corrected chi connectivity index (χ1v) is 9.66. The lowest BCUT2D eigenvalue weighted by molar-refractivity contribution is 0.146. The molecule has 0 unspecified atom stereocenters.